The predicted octanol–water partition coefficient (Wildman–Crippen LogP) is 4.71. The van der Waals surface area contributed by atoms with Gasteiger partial charge < -0.3 is 19.9 Å². The molecule has 1 aliphatic heterocycles. The van der Waals surface area contributed by atoms with E-state index < -0.39 is 5.97 Å². The second-order valence-electron chi connectivity index (χ2n) is 6.92. The molecule has 0 saturated carbocycles. The Morgan fingerprint density at radius 2 is 1.93 bits per heavy atom. The van der Waals surface area contributed by atoms with Gasteiger partial charge in [-0.2, -0.15) is 0 Å². The lowest BCUT2D eigenvalue weighted by Crippen LogP contribution is -2.04. The summed E-state index contributed by atoms with van der Waals surface area (Å²) in [4.78, 5) is 21.4. The first-order chi connectivity index (χ1) is 14.6. The van der Waals surface area contributed by atoms with Crippen LogP contribution < -0.4 is 14.8 Å². The number of anilines is 1. The number of nitrogens with one attached hydrogen (secondary N) is 1. The molecule has 2 aromatic heterocycles. The summed E-state index contributed by atoms with van der Waals surface area (Å²) in [5, 5.41) is 15.6. The van der Waals surface area contributed by atoms with Gasteiger partial charge in [-0.05, 0) is 47.7 Å². The minimum absolute atomic E-state index is 0.230. The third-order valence-corrected chi connectivity index (χ3v) is 5.89. The lowest BCUT2D eigenvalue weighted by molar-refractivity contribution is 0.0697. The van der Waals surface area contributed by atoms with Crippen LogP contribution in [0.2, 0.25) is 0 Å². The Labute approximate surface area is 175 Å². The maximum Gasteiger partial charge on any atom is 0.335 e. The lowest BCUT2D eigenvalue weighted by Gasteiger charge is -2.11. The first-order valence-electron chi connectivity index (χ1n) is 9.30. The molecule has 2 aromatic carbocycles. The quantitative estimate of drug-likeness (QED) is 0.484. The molecule has 0 amide bonds. The van der Waals surface area contributed by atoms with E-state index in [-0.39, 0.29) is 12.4 Å². The molecule has 0 aliphatic carbocycles. The fraction of sp³-hybridized carbons (Fsp3) is 0.136. The smallest absolute Gasteiger partial charge is 0.335 e. The number of aromatic nitrogens is 2. The van der Waals surface area contributed by atoms with Crippen molar-refractivity contribution in [1.29, 1.82) is 0 Å². The molecule has 0 unspecified atom stereocenters. The number of carboxylic acid groups (broad SMARTS) is 1. The normalized spacial score (nSPS) is 12.3. The zero-order valence-corrected chi connectivity index (χ0v) is 16.8. The van der Waals surface area contributed by atoms with Crippen molar-refractivity contribution in [2.24, 2.45) is 0 Å². The van der Waals surface area contributed by atoms with Gasteiger partial charge in [-0.15, -0.1) is 11.3 Å². The summed E-state index contributed by atoms with van der Waals surface area (Å²) in [5.41, 5.74) is 3.15. The number of aryl methyl sites for hydroxylation is 1. The molecular formula is C22H17N3O4S. The number of hydrogen-bond acceptors (Lipinski definition) is 7. The molecule has 30 heavy (non-hydrogen) atoms. The van der Waals surface area contributed by atoms with E-state index in [1.54, 1.807) is 35.6 Å². The van der Waals surface area contributed by atoms with Crippen LogP contribution in [0.1, 0.15) is 21.5 Å². The summed E-state index contributed by atoms with van der Waals surface area (Å²) in [6.45, 7) is 2.85. The van der Waals surface area contributed by atoms with E-state index >= 15 is 0 Å². The molecule has 0 fully saturated rings. The first kappa shape index (κ1) is 18.4. The van der Waals surface area contributed by atoms with Crippen molar-refractivity contribution >= 4 is 33.3 Å². The second-order valence-corrected chi connectivity index (χ2v) is 7.78. The fourth-order valence-electron chi connectivity index (χ4n) is 3.34. The van der Waals surface area contributed by atoms with Crippen LogP contribution in [0.3, 0.4) is 0 Å². The highest BCUT2D eigenvalue weighted by Gasteiger charge is 2.16. The molecule has 0 atom stereocenters. The molecule has 4 aromatic rings. The van der Waals surface area contributed by atoms with Gasteiger partial charge in [0.25, 0.3) is 0 Å². The summed E-state index contributed by atoms with van der Waals surface area (Å²) in [5.74, 6) is 1.83. The van der Waals surface area contributed by atoms with E-state index in [0.717, 1.165) is 44.2 Å². The standard InChI is InChI=1S/C22H17N3O4S/c1-12-10-30-21-18(12)20(23-9-13-2-7-16-17(8-13)29-11-28-16)24-19(25-21)14-3-5-15(6-4-14)22(26)27/h2-8,10H,9,11H2,1H3,(H,26,27)(H,23,24,25). The van der Waals surface area contributed by atoms with E-state index in [2.05, 4.69) is 15.7 Å². The average Bonchev–Trinajstić information content (AvgIpc) is 3.38. The van der Waals surface area contributed by atoms with Crippen LogP contribution in [0.25, 0.3) is 21.6 Å². The van der Waals surface area contributed by atoms with Crippen molar-refractivity contribution in [2.75, 3.05) is 12.1 Å². The number of hydrogen-bond donors (Lipinski definition) is 2. The monoisotopic (exact) mass is 419 g/mol. The molecule has 1 aliphatic rings. The molecule has 0 radical (unpaired) electrons. The summed E-state index contributed by atoms with van der Waals surface area (Å²) in [7, 11) is 0. The largest absolute Gasteiger partial charge is 0.478 e. The van der Waals surface area contributed by atoms with Gasteiger partial charge in [0.1, 0.15) is 10.6 Å². The van der Waals surface area contributed by atoms with Crippen LogP contribution in [0.4, 0.5) is 5.82 Å². The van der Waals surface area contributed by atoms with Crippen molar-refractivity contribution < 1.29 is 19.4 Å². The van der Waals surface area contributed by atoms with Crippen molar-refractivity contribution in [3.63, 3.8) is 0 Å². The van der Waals surface area contributed by atoms with Gasteiger partial charge in [-0.1, -0.05) is 18.2 Å². The molecule has 8 heteroatoms. The van der Waals surface area contributed by atoms with Gasteiger partial charge in [0, 0.05) is 12.1 Å². The van der Waals surface area contributed by atoms with Gasteiger partial charge in [0.05, 0.1) is 10.9 Å². The van der Waals surface area contributed by atoms with Crippen LogP contribution in [0, 0.1) is 6.92 Å². The SMILES string of the molecule is Cc1csc2nc(-c3ccc(C(=O)O)cc3)nc(NCc3ccc4c(c3)OCO4)c12. The Balaban J connectivity index is 1.48. The Morgan fingerprint density at radius 1 is 1.13 bits per heavy atom. The number of carbonyl (C=O) groups is 1. The summed E-state index contributed by atoms with van der Waals surface area (Å²) in [6.07, 6.45) is 0. The number of rotatable bonds is 5. The van der Waals surface area contributed by atoms with Crippen LogP contribution in [-0.4, -0.2) is 27.8 Å². The maximum atomic E-state index is 11.1. The Morgan fingerprint density at radius 3 is 2.73 bits per heavy atom. The van der Waals surface area contributed by atoms with E-state index in [1.165, 1.54) is 0 Å². The molecule has 3 heterocycles. The minimum Gasteiger partial charge on any atom is -0.478 e. The predicted molar refractivity (Wildman–Crippen MR) is 114 cm³/mol. The lowest BCUT2D eigenvalue weighted by atomic mass is 10.1. The molecular weight excluding hydrogens is 402 g/mol. The van der Waals surface area contributed by atoms with Crippen molar-refractivity contribution in [1.82, 2.24) is 9.97 Å². The van der Waals surface area contributed by atoms with Crippen LogP contribution in [-0.2, 0) is 6.54 Å². The molecule has 5 rings (SSSR count). The van der Waals surface area contributed by atoms with E-state index in [0.29, 0.717) is 12.4 Å². The minimum atomic E-state index is -0.960. The van der Waals surface area contributed by atoms with Gasteiger partial charge in [-0.3, -0.25) is 0 Å². The zero-order valence-electron chi connectivity index (χ0n) is 16.0. The van der Waals surface area contributed by atoms with E-state index in [9.17, 15) is 4.79 Å². The van der Waals surface area contributed by atoms with Gasteiger partial charge in [-0.25, -0.2) is 14.8 Å². The number of fused-ring (bicyclic) bond motifs is 2. The van der Waals surface area contributed by atoms with E-state index in [4.69, 9.17) is 19.6 Å². The number of aromatic carboxylic acids is 1. The maximum absolute atomic E-state index is 11.1. The fourth-order valence-corrected chi connectivity index (χ4v) is 4.26. The number of carboxylic acids is 1. The number of ether oxygens (including phenoxy) is 2. The third-order valence-electron chi connectivity index (χ3n) is 4.90. The number of thiophene rings is 1. The highest BCUT2D eigenvalue weighted by Crippen LogP contribution is 2.34. The molecule has 2 N–H and O–H groups in total. The molecule has 0 spiro atoms. The van der Waals surface area contributed by atoms with Crippen LogP contribution >= 0.6 is 11.3 Å². The van der Waals surface area contributed by atoms with E-state index in [1.807, 2.05) is 25.1 Å². The summed E-state index contributed by atoms with van der Waals surface area (Å²) >= 11 is 1.56. The molecule has 7 nitrogen and oxygen atoms in total. The van der Waals surface area contributed by atoms with Crippen molar-refractivity contribution in [3.8, 4) is 22.9 Å². The Bertz CT molecular complexity index is 1270. The van der Waals surface area contributed by atoms with Gasteiger partial charge >= 0.3 is 5.97 Å². The molecule has 0 saturated heterocycles. The first-order valence-corrected chi connectivity index (χ1v) is 10.2. The summed E-state index contributed by atoms with van der Waals surface area (Å²) < 4.78 is 10.8. The molecule has 0 bridgehead atoms. The number of benzene rings is 2. The third kappa shape index (κ3) is 3.31. The second kappa shape index (κ2) is 7.31. The summed E-state index contributed by atoms with van der Waals surface area (Å²) in [6, 6.07) is 12.4. The topological polar surface area (TPSA) is 93.6 Å². The number of nitrogens with zero attached hydrogens (tertiary/aromatic N) is 2. The van der Waals surface area contributed by atoms with Crippen molar-refractivity contribution in [3.05, 3.63) is 64.5 Å². The van der Waals surface area contributed by atoms with Crippen LogP contribution in [0.5, 0.6) is 11.5 Å². The van der Waals surface area contributed by atoms with Crippen LogP contribution in [0.15, 0.2) is 47.8 Å². The Hall–Kier alpha value is -3.65. The highest BCUT2D eigenvalue weighted by atomic mass is 32.1. The highest BCUT2D eigenvalue weighted by molar-refractivity contribution is 7.17. The Kier molecular flexibility index (Phi) is 4.48. The average molecular weight is 419 g/mol. The van der Waals surface area contributed by atoms with Gasteiger partial charge in [0.2, 0.25) is 6.79 Å². The van der Waals surface area contributed by atoms with Gasteiger partial charge in [0.15, 0.2) is 17.3 Å². The zero-order chi connectivity index (χ0) is 20.7. The molecule has 150 valence electrons. The van der Waals surface area contributed by atoms with Crippen molar-refractivity contribution in [2.45, 2.75) is 13.5 Å².